The number of aryl methyl sites for hydroxylation is 1. The Kier molecular flexibility index (Phi) is 2.58. The quantitative estimate of drug-likeness (QED) is 0.707. The molecule has 0 amide bonds. The van der Waals surface area contributed by atoms with Gasteiger partial charge in [0.15, 0.2) is 0 Å². The Balaban J connectivity index is 2.34. The molecule has 0 bridgehead atoms. The van der Waals surface area contributed by atoms with E-state index in [9.17, 15) is 0 Å². The SMILES string of the molecule is CCc1cc(C(C)C)ncc1C1CC1. The van der Waals surface area contributed by atoms with Crippen LogP contribution in [0.1, 0.15) is 62.3 Å². The van der Waals surface area contributed by atoms with Crippen molar-refractivity contribution < 1.29 is 0 Å². The summed E-state index contributed by atoms with van der Waals surface area (Å²) in [6, 6.07) is 2.30. The average molecular weight is 189 g/mol. The average Bonchev–Trinajstić information content (AvgIpc) is 3.00. The first-order valence-electron chi connectivity index (χ1n) is 5.71. The topological polar surface area (TPSA) is 12.9 Å². The maximum Gasteiger partial charge on any atom is 0.0431 e. The Labute approximate surface area is 86.6 Å². The summed E-state index contributed by atoms with van der Waals surface area (Å²) in [6.07, 6.45) is 6.01. The van der Waals surface area contributed by atoms with E-state index in [1.54, 1.807) is 0 Å². The van der Waals surface area contributed by atoms with E-state index in [0.717, 1.165) is 12.3 Å². The van der Waals surface area contributed by atoms with Gasteiger partial charge in [-0.2, -0.15) is 0 Å². The summed E-state index contributed by atoms with van der Waals surface area (Å²) in [5.74, 6) is 1.38. The van der Waals surface area contributed by atoms with E-state index in [-0.39, 0.29) is 0 Å². The molecule has 1 fully saturated rings. The van der Waals surface area contributed by atoms with Crippen molar-refractivity contribution in [2.75, 3.05) is 0 Å². The minimum absolute atomic E-state index is 0.550. The molecule has 0 atom stereocenters. The van der Waals surface area contributed by atoms with Crippen molar-refractivity contribution >= 4 is 0 Å². The first kappa shape index (κ1) is 9.70. The Morgan fingerprint density at radius 3 is 2.64 bits per heavy atom. The number of hydrogen-bond donors (Lipinski definition) is 0. The molecule has 1 saturated carbocycles. The van der Waals surface area contributed by atoms with Crippen LogP contribution in [0.25, 0.3) is 0 Å². The number of rotatable bonds is 3. The zero-order valence-electron chi connectivity index (χ0n) is 9.38. The Bertz CT molecular complexity index is 324. The zero-order valence-corrected chi connectivity index (χ0v) is 9.38. The van der Waals surface area contributed by atoms with Crippen molar-refractivity contribution in [3.8, 4) is 0 Å². The lowest BCUT2D eigenvalue weighted by Gasteiger charge is -2.10. The van der Waals surface area contributed by atoms with Gasteiger partial charge < -0.3 is 0 Å². The van der Waals surface area contributed by atoms with Crippen LogP contribution < -0.4 is 0 Å². The van der Waals surface area contributed by atoms with Gasteiger partial charge in [0, 0.05) is 11.9 Å². The lowest BCUT2D eigenvalue weighted by Crippen LogP contribution is -1.98. The van der Waals surface area contributed by atoms with Gasteiger partial charge in [0.05, 0.1) is 0 Å². The van der Waals surface area contributed by atoms with Crippen LogP contribution in [0.5, 0.6) is 0 Å². The minimum Gasteiger partial charge on any atom is -0.261 e. The predicted molar refractivity (Wildman–Crippen MR) is 59.7 cm³/mol. The first-order chi connectivity index (χ1) is 6.72. The highest BCUT2D eigenvalue weighted by molar-refractivity contribution is 5.33. The molecule has 0 aliphatic heterocycles. The van der Waals surface area contributed by atoms with Gasteiger partial charge in [-0.25, -0.2) is 0 Å². The van der Waals surface area contributed by atoms with Gasteiger partial charge in [0.1, 0.15) is 0 Å². The van der Waals surface area contributed by atoms with E-state index in [1.807, 2.05) is 0 Å². The van der Waals surface area contributed by atoms with Crippen LogP contribution in [-0.4, -0.2) is 4.98 Å². The van der Waals surface area contributed by atoms with Crippen molar-refractivity contribution in [3.63, 3.8) is 0 Å². The molecule has 2 rings (SSSR count). The third-order valence-corrected chi connectivity index (χ3v) is 3.04. The molecule has 14 heavy (non-hydrogen) atoms. The molecule has 0 spiro atoms. The van der Waals surface area contributed by atoms with Crippen molar-refractivity contribution in [2.24, 2.45) is 0 Å². The van der Waals surface area contributed by atoms with Crippen LogP contribution in [-0.2, 0) is 6.42 Å². The van der Waals surface area contributed by atoms with E-state index in [4.69, 9.17) is 0 Å². The van der Waals surface area contributed by atoms with Gasteiger partial charge in [-0.1, -0.05) is 20.8 Å². The second kappa shape index (κ2) is 3.72. The molecule has 1 aliphatic carbocycles. The molecule has 0 aromatic carbocycles. The van der Waals surface area contributed by atoms with Crippen LogP contribution in [0, 0.1) is 0 Å². The number of pyridine rings is 1. The molecule has 1 aliphatic rings. The highest BCUT2D eigenvalue weighted by atomic mass is 14.7. The Morgan fingerprint density at radius 2 is 2.14 bits per heavy atom. The largest absolute Gasteiger partial charge is 0.261 e. The second-order valence-corrected chi connectivity index (χ2v) is 4.59. The van der Waals surface area contributed by atoms with Crippen molar-refractivity contribution in [1.29, 1.82) is 0 Å². The molecule has 1 heteroatoms. The minimum atomic E-state index is 0.550. The molecule has 0 radical (unpaired) electrons. The maximum absolute atomic E-state index is 4.55. The molecule has 1 aromatic rings. The summed E-state index contributed by atoms with van der Waals surface area (Å²) >= 11 is 0. The number of nitrogens with zero attached hydrogens (tertiary/aromatic N) is 1. The Morgan fingerprint density at radius 1 is 1.43 bits per heavy atom. The van der Waals surface area contributed by atoms with Crippen LogP contribution in [0.4, 0.5) is 0 Å². The summed E-state index contributed by atoms with van der Waals surface area (Å²) in [7, 11) is 0. The highest BCUT2D eigenvalue weighted by Crippen LogP contribution is 2.41. The maximum atomic E-state index is 4.55. The number of aromatic nitrogens is 1. The van der Waals surface area contributed by atoms with Crippen molar-refractivity contribution in [3.05, 3.63) is 29.1 Å². The first-order valence-corrected chi connectivity index (χ1v) is 5.71. The molecular formula is C13H19N. The van der Waals surface area contributed by atoms with Gasteiger partial charge in [-0.15, -0.1) is 0 Å². The van der Waals surface area contributed by atoms with E-state index < -0.39 is 0 Å². The zero-order chi connectivity index (χ0) is 10.1. The van der Waals surface area contributed by atoms with Crippen molar-refractivity contribution in [2.45, 2.75) is 51.9 Å². The predicted octanol–water partition coefficient (Wildman–Crippen LogP) is 3.64. The standard InChI is InChI=1S/C13H19N/c1-4-10-7-13(9(2)3)14-8-12(10)11-5-6-11/h7-9,11H,4-6H2,1-3H3. The molecule has 1 nitrogen and oxygen atoms in total. The molecule has 1 aromatic heterocycles. The van der Waals surface area contributed by atoms with Gasteiger partial charge in [0.25, 0.3) is 0 Å². The van der Waals surface area contributed by atoms with Crippen LogP contribution in [0.3, 0.4) is 0 Å². The summed E-state index contributed by atoms with van der Waals surface area (Å²) in [5.41, 5.74) is 4.27. The molecule has 0 N–H and O–H groups in total. The van der Waals surface area contributed by atoms with Gasteiger partial charge in [-0.3, -0.25) is 4.98 Å². The second-order valence-electron chi connectivity index (χ2n) is 4.59. The van der Waals surface area contributed by atoms with Crippen molar-refractivity contribution in [1.82, 2.24) is 4.98 Å². The van der Waals surface area contributed by atoms with Gasteiger partial charge in [0.2, 0.25) is 0 Å². The van der Waals surface area contributed by atoms with E-state index in [0.29, 0.717) is 5.92 Å². The molecular weight excluding hydrogens is 170 g/mol. The van der Waals surface area contributed by atoms with Crippen LogP contribution in [0.15, 0.2) is 12.3 Å². The summed E-state index contributed by atoms with van der Waals surface area (Å²) in [5, 5.41) is 0. The molecule has 0 unspecified atom stereocenters. The third kappa shape index (κ3) is 1.82. The monoisotopic (exact) mass is 189 g/mol. The lowest BCUT2D eigenvalue weighted by molar-refractivity contribution is 0.810. The Hall–Kier alpha value is -0.850. The fourth-order valence-corrected chi connectivity index (χ4v) is 1.91. The van der Waals surface area contributed by atoms with Crippen LogP contribution in [0.2, 0.25) is 0 Å². The fourth-order valence-electron chi connectivity index (χ4n) is 1.91. The third-order valence-electron chi connectivity index (χ3n) is 3.04. The van der Waals surface area contributed by atoms with Crippen LogP contribution >= 0.6 is 0 Å². The van der Waals surface area contributed by atoms with E-state index in [1.165, 1.54) is 29.7 Å². The summed E-state index contributed by atoms with van der Waals surface area (Å²) in [4.78, 5) is 4.55. The van der Waals surface area contributed by atoms with E-state index >= 15 is 0 Å². The highest BCUT2D eigenvalue weighted by Gasteiger charge is 2.26. The normalized spacial score (nSPS) is 16.3. The number of hydrogen-bond acceptors (Lipinski definition) is 1. The molecule has 1 heterocycles. The smallest absolute Gasteiger partial charge is 0.0431 e. The fraction of sp³-hybridized carbons (Fsp3) is 0.615. The van der Waals surface area contributed by atoms with E-state index in [2.05, 4.69) is 38.0 Å². The summed E-state index contributed by atoms with van der Waals surface area (Å²) < 4.78 is 0. The lowest BCUT2D eigenvalue weighted by atomic mass is 10.00. The molecule has 76 valence electrons. The summed E-state index contributed by atoms with van der Waals surface area (Å²) in [6.45, 7) is 6.66. The molecule has 0 saturated heterocycles. The van der Waals surface area contributed by atoms with Gasteiger partial charge >= 0.3 is 0 Å². The van der Waals surface area contributed by atoms with Gasteiger partial charge in [-0.05, 0) is 48.3 Å².